The Bertz CT molecular complexity index is 367. The number of nitrogens with one attached hydrogen (secondary N) is 2. The molecule has 0 aliphatic rings. The third-order valence-electron chi connectivity index (χ3n) is 2.51. The van der Waals surface area contributed by atoms with Crippen LogP contribution < -0.4 is 15.4 Å². The maximum Gasteiger partial charge on any atom is 0.212 e. The fourth-order valence-corrected chi connectivity index (χ4v) is 1.43. The lowest BCUT2D eigenvalue weighted by Gasteiger charge is -2.11. The normalized spacial score (nSPS) is 10.6. The molecule has 0 saturated heterocycles. The van der Waals surface area contributed by atoms with E-state index in [0.717, 1.165) is 24.5 Å². The summed E-state index contributed by atoms with van der Waals surface area (Å²) in [6, 6.07) is 3.84. The van der Waals surface area contributed by atoms with Gasteiger partial charge in [0, 0.05) is 32.4 Å². The molecule has 1 heterocycles. The lowest BCUT2D eigenvalue weighted by Crippen LogP contribution is -2.37. The van der Waals surface area contributed by atoms with E-state index in [9.17, 15) is 0 Å². The number of hydrogen-bond donors (Lipinski definition) is 2. The summed E-state index contributed by atoms with van der Waals surface area (Å²) < 4.78 is 5.01. The Morgan fingerprint density at radius 1 is 1.37 bits per heavy atom. The average Bonchev–Trinajstić information content (AvgIpc) is 2.43. The minimum absolute atomic E-state index is 0. The molecule has 0 aromatic carbocycles. The Labute approximate surface area is 132 Å². The molecule has 0 radical (unpaired) electrons. The zero-order valence-electron chi connectivity index (χ0n) is 11.8. The number of guanidine groups is 1. The third-order valence-corrected chi connectivity index (χ3v) is 2.51. The van der Waals surface area contributed by atoms with E-state index >= 15 is 0 Å². The SMILES string of the molecule is CCCCNC(=NC)NCc1ccc(OC)nc1.I. The van der Waals surface area contributed by atoms with E-state index in [-0.39, 0.29) is 24.0 Å². The standard InChI is InChI=1S/C13H22N4O.HI/c1-4-5-8-15-13(14-2)17-10-11-6-7-12(18-3)16-9-11;/h6-7,9H,4-5,8,10H2,1-3H3,(H2,14,15,17);1H. The van der Waals surface area contributed by atoms with Crippen LogP contribution in [0.4, 0.5) is 0 Å². The number of methoxy groups -OCH3 is 1. The fraction of sp³-hybridized carbons (Fsp3) is 0.538. The second kappa shape index (κ2) is 10.8. The van der Waals surface area contributed by atoms with Crippen molar-refractivity contribution in [1.82, 2.24) is 15.6 Å². The van der Waals surface area contributed by atoms with Crippen molar-refractivity contribution >= 4 is 29.9 Å². The van der Waals surface area contributed by atoms with Crippen molar-refractivity contribution in [3.8, 4) is 5.88 Å². The van der Waals surface area contributed by atoms with Crippen LogP contribution in [0.3, 0.4) is 0 Å². The summed E-state index contributed by atoms with van der Waals surface area (Å²) in [5, 5.41) is 6.50. The molecule has 0 atom stereocenters. The molecule has 2 N–H and O–H groups in total. The van der Waals surface area contributed by atoms with E-state index < -0.39 is 0 Å². The number of ether oxygens (including phenoxy) is 1. The molecule has 108 valence electrons. The highest BCUT2D eigenvalue weighted by molar-refractivity contribution is 14.0. The molecule has 0 saturated carbocycles. The number of halogens is 1. The van der Waals surface area contributed by atoms with Crippen LogP contribution >= 0.6 is 24.0 Å². The maximum atomic E-state index is 5.01. The molecule has 1 aromatic rings. The predicted octanol–water partition coefficient (Wildman–Crippen LogP) is 2.17. The van der Waals surface area contributed by atoms with Crippen LogP contribution in [0.15, 0.2) is 23.3 Å². The lowest BCUT2D eigenvalue weighted by atomic mass is 10.3. The van der Waals surface area contributed by atoms with Gasteiger partial charge >= 0.3 is 0 Å². The summed E-state index contributed by atoms with van der Waals surface area (Å²) in [7, 11) is 3.38. The van der Waals surface area contributed by atoms with Gasteiger partial charge in [-0.1, -0.05) is 19.4 Å². The van der Waals surface area contributed by atoms with Crippen LogP contribution in [0.1, 0.15) is 25.3 Å². The van der Waals surface area contributed by atoms with Gasteiger partial charge in [-0.05, 0) is 12.0 Å². The van der Waals surface area contributed by atoms with Gasteiger partial charge in [-0.2, -0.15) is 0 Å². The van der Waals surface area contributed by atoms with E-state index in [1.54, 1.807) is 20.4 Å². The second-order valence-electron chi connectivity index (χ2n) is 3.91. The Hall–Kier alpha value is -1.05. The number of nitrogens with zero attached hydrogens (tertiary/aromatic N) is 2. The first-order chi connectivity index (χ1) is 8.80. The Balaban J connectivity index is 0.00000324. The summed E-state index contributed by atoms with van der Waals surface area (Å²) in [6.07, 6.45) is 4.11. The van der Waals surface area contributed by atoms with E-state index in [2.05, 4.69) is 27.5 Å². The van der Waals surface area contributed by atoms with Crippen LogP contribution in [0, 0.1) is 0 Å². The molecule has 1 rings (SSSR count). The highest BCUT2D eigenvalue weighted by Crippen LogP contribution is 2.05. The average molecular weight is 378 g/mol. The van der Waals surface area contributed by atoms with Crippen molar-refractivity contribution in [2.75, 3.05) is 20.7 Å². The van der Waals surface area contributed by atoms with E-state index in [0.29, 0.717) is 12.4 Å². The molecule has 0 spiro atoms. The van der Waals surface area contributed by atoms with Crippen molar-refractivity contribution in [1.29, 1.82) is 0 Å². The summed E-state index contributed by atoms with van der Waals surface area (Å²) >= 11 is 0. The maximum absolute atomic E-state index is 5.01. The summed E-state index contributed by atoms with van der Waals surface area (Å²) in [4.78, 5) is 8.31. The molecule has 0 bridgehead atoms. The van der Waals surface area contributed by atoms with Gasteiger partial charge in [0.05, 0.1) is 7.11 Å². The van der Waals surface area contributed by atoms with Crippen molar-refractivity contribution in [2.45, 2.75) is 26.3 Å². The molecule has 1 aromatic heterocycles. The minimum Gasteiger partial charge on any atom is -0.481 e. The Morgan fingerprint density at radius 3 is 2.68 bits per heavy atom. The molecule has 0 aliphatic carbocycles. The molecule has 19 heavy (non-hydrogen) atoms. The first-order valence-corrected chi connectivity index (χ1v) is 6.23. The first-order valence-electron chi connectivity index (χ1n) is 6.23. The van der Waals surface area contributed by atoms with Crippen molar-refractivity contribution in [2.24, 2.45) is 4.99 Å². The Morgan fingerprint density at radius 2 is 2.16 bits per heavy atom. The van der Waals surface area contributed by atoms with Gasteiger partial charge in [-0.15, -0.1) is 24.0 Å². The minimum atomic E-state index is 0. The summed E-state index contributed by atoms with van der Waals surface area (Å²) in [5.41, 5.74) is 1.09. The van der Waals surface area contributed by atoms with Crippen molar-refractivity contribution in [3.63, 3.8) is 0 Å². The number of aromatic nitrogens is 1. The quantitative estimate of drug-likeness (QED) is 0.345. The highest BCUT2D eigenvalue weighted by atomic mass is 127. The van der Waals surface area contributed by atoms with Crippen LogP contribution in [-0.4, -0.2) is 31.6 Å². The third kappa shape index (κ3) is 7.19. The Kier molecular flexibility index (Phi) is 10.2. The predicted molar refractivity (Wildman–Crippen MR) is 89.3 cm³/mol. The van der Waals surface area contributed by atoms with Crippen LogP contribution in [0.5, 0.6) is 5.88 Å². The molecular weight excluding hydrogens is 355 g/mol. The lowest BCUT2D eigenvalue weighted by molar-refractivity contribution is 0.397. The monoisotopic (exact) mass is 378 g/mol. The zero-order valence-corrected chi connectivity index (χ0v) is 14.1. The molecule has 0 unspecified atom stereocenters. The number of rotatable bonds is 6. The number of pyridine rings is 1. The van der Waals surface area contributed by atoms with Crippen LogP contribution in [0.2, 0.25) is 0 Å². The van der Waals surface area contributed by atoms with Crippen molar-refractivity contribution in [3.05, 3.63) is 23.9 Å². The van der Waals surface area contributed by atoms with E-state index in [4.69, 9.17) is 4.74 Å². The second-order valence-corrected chi connectivity index (χ2v) is 3.91. The fourth-order valence-electron chi connectivity index (χ4n) is 1.43. The van der Waals surface area contributed by atoms with Gasteiger partial charge in [0.2, 0.25) is 5.88 Å². The van der Waals surface area contributed by atoms with Gasteiger partial charge in [-0.3, -0.25) is 4.99 Å². The highest BCUT2D eigenvalue weighted by Gasteiger charge is 1.98. The van der Waals surface area contributed by atoms with Crippen LogP contribution in [-0.2, 0) is 6.54 Å². The van der Waals surface area contributed by atoms with Crippen molar-refractivity contribution < 1.29 is 4.74 Å². The van der Waals surface area contributed by atoms with Gasteiger partial charge < -0.3 is 15.4 Å². The number of hydrogen-bond acceptors (Lipinski definition) is 3. The van der Waals surface area contributed by atoms with Gasteiger partial charge in [0.1, 0.15) is 0 Å². The van der Waals surface area contributed by atoms with E-state index in [1.807, 2.05) is 12.1 Å². The molecular formula is C13H23IN4O. The number of aliphatic imine (C=N–C) groups is 1. The summed E-state index contributed by atoms with van der Waals surface area (Å²) in [6.45, 7) is 3.81. The smallest absolute Gasteiger partial charge is 0.212 e. The largest absolute Gasteiger partial charge is 0.481 e. The van der Waals surface area contributed by atoms with Gasteiger partial charge in [-0.25, -0.2) is 4.98 Å². The topological polar surface area (TPSA) is 58.5 Å². The first kappa shape index (κ1) is 17.9. The molecule has 0 fully saturated rings. The summed E-state index contributed by atoms with van der Waals surface area (Å²) in [5.74, 6) is 1.45. The van der Waals surface area contributed by atoms with Gasteiger partial charge in [0.15, 0.2) is 5.96 Å². The van der Waals surface area contributed by atoms with Crippen LogP contribution in [0.25, 0.3) is 0 Å². The molecule has 5 nitrogen and oxygen atoms in total. The zero-order chi connectivity index (χ0) is 13.2. The molecule has 0 amide bonds. The van der Waals surface area contributed by atoms with Gasteiger partial charge in [0.25, 0.3) is 0 Å². The van der Waals surface area contributed by atoms with E-state index in [1.165, 1.54) is 6.42 Å². The molecule has 6 heteroatoms. The number of unbranched alkanes of at least 4 members (excludes halogenated alkanes) is 1. The molecule has 0 aliphatic heterocycles.